The number of aryl methyl sites for hydroxylation is 2. The first-order valence-electron chi connectivity index (χ1n) is 7.51. The van der Waals surface area contributed by atoms with Crippen LogP contribution in [0, 0.1) is 13.8 Å². The second-order valence-corrected chi connectivity index (χ2v) is 6.38. The summed E-state index contributed by atoms with van der Waals surface area (Å²) in [5.74, 6) is 1.33. The molecule has 0 bridgehead atoms. The molecular formula is C18H16Cl2N4O. The Morgan fingerprint density at radius 2 is 1.80 bits per heavy atom. The lowest BCUT2D eigenvalue weighted by Crippen LogP contribution is -2.04. The van der Waals surface area contributed by atoms with Gasteiger partial charge in [-0.1, -0.05) is 23.2 Å². The number of aromatic nitrogens is 2. The van der Waals surface area contributed by atoms with E-state index in [0.717, 1.165) is 16.8 Å². The highest BCUT2D eigenvalue weighted by molar-refractivity contribution is 6.31. The highest BCUT2D eigenvalue weighted by Crippen LogP contribution is 2.33. The molecule has 2 aromatic carbocycles. The van der Waals surface area contributed by atoms with Gasteiger partial charge in [0, 0.05) is 15.7 Å². The van der Waals surface area contributed by atoms with E-state index in [1.165, 1.54) is 6.33 Å². The van der Waals surface area contributed by atoms with Gasteiger partial charge in [0.15, 0.2) is 5.82 Å². The minimum atomic E-state index is 0.269. The molecule has 0 aliphatic heterocycles. The number of halogens is 2. The van der Waals surface area contributed by atoms with Crippen LogP contribution in [0.1, 0.15) is 11.1 Å². The third kappa shape index (κ3) is 3.95. The molecule has 0 aliphatic rings. The molecule has 0 aliphatic carbocycles. The summed E-state index contributed by atoms with van der Waals surface area (Å²) in [6.45, 7) is 3.84. The molecule has 0 amide bonds. The Kier molecular flexibility index (Phi) is 4.97. The molecule has 0 fully saturated rings. The Labute approximate surface area is 155 Å². The van der Waals surface area contributed by atoms with Gasteiger partial charge in [0.1, 0.15) is 17.8 Å². The third-order valence-corrected chi connectivity index (χ3v) is 4.29. The van der Waals surface area contributed by atoms with Crippen molar-refractivity contribution in [2.45, 2.75) is 13.8 Å². The van der Waals surface area contributed by atoms with Gasteiger partial charge < -0.3 is 15.8 Å². The van der Waals surface area contributed by atoms with Crippen molar-refractivity contribution in [3.05, 3.63) is 63.9 Å². The van der Waals surface area contributed by atoms with Crippen molar-refractivity contribution in [1.82, 2.24) is 9.97 Å². The van der Waals surface area contributed by atoms with Crippen molar-refractivity contribution in [2.75, 3.05) is 11.1 Å². The number of nitrogens with one attached hydrogen (secondary N) is 1. The fraction of sp³-hybridized carbons (Fsp3) is 0.111. The number of nitrogen functional groups attached to an aromatic ring is 1. The second-order valence-electron chi connectivity index (χ2n) is 5.54. The Bertz CT molecular complexity index is 931. The number of benzene rings is 2. The lowest BCUT2D eigenvalue weighted by atomic mass is 10.2. The van der Waals surface area contributed by atoms with E-state index in [1.54, 1.807) is 18.2 Å². The zero-order valence-electron chi connectivity index (χ0n) is 13.7. The molecule has 1 heterocycles. The lowest BCUT2D eigenvalue weighted by Gasteiger charge is -2.13. The maximum Gasteiger partial charge on any atom is 0.248 e. The van der Waals surface area contributed by atoms with Crippen molar-refractivity contribution >= 4 is 40.4 Å². The summed E-state index contributed by atoms with van der Waals surface area (Å²) >= 11 is 12.0. The van der Waals surface area contributed by atoms with E-state index >= 15 is 0 Å². The smallest absolute Gasteiger partial charge is 0.248 e. The molecule has 1 aromatic heterocycles. The molecule has 3 N–H and O–H groups in total. The van der Waals surface area contributed by atoms with E-state index in [0.29, 0.717) is 27.3 Å². The quantitative estimate of drug-likeness (QED) is 0.628. The Morgan fingerprint density at radius 1 is 1.00 bits per heavy atom. The number of nitrogens with two attached hydrogens (primary N) is 1. The number of hydrogen-bond acceptors (Lipinski definition) is 5. The number of nitrogens with zero attached hydrogens (tertiary/aromatic N) is 2. The fourth-order valence-corrected chi connectivity index (χ4v) is 2.59. The van der Waals surface area contributed by atoms with Gasteiger partial charge in [-0.2, -0.15) is 4.98 Å². The zero-order chi connectivity index (χ0) is 18.0. The summed E-state index contributed by atoms with van der Waals surface area (Å²) in [6.07, 6.45) is 1.39. The predicted molar refractivity (Wildman–Crippen MR) is 102 cm³/mol. The summed E-state index contributed by atoms with van der Waals surface area (Å²) < 4.78 is 5.78. The monoisotopic (exact) mass is 374 g/mol. The standard InChI is InChI=1S/C18H16Cl2N4O/c1-10-8-13(4-5-14(10)20)25-18-16(21)17(22-9-23-18)24-15-6-3-12(19)7-11(15)2/h3-9H,21H2,1-2H3,(H,22,23,24). The third-order valence-electron chi connectivity index (χ3n) is 3.63. The molecule has 25 heavy (non-hydrogen) atoms. The average Bonchev–Trinajstić information content (AvgIpc) is 2.57. The van der Waals surface area contributed by atoms with Gasteiger partial charge in [-0.15, -0.1) is 0 Å². The maximum atomic E-state index is 6.16. The number of hydrogen-bond donors (Lipinski definition) is 2. The molecule has 0 saturated carbocycles. The summed E-state index contributed by atoms with van der Waals surface area (Å²) in [5.41, 5.74) is 9.20. The SMILES string of the molecule is Cc1cc(Oc2ncnc(Nc3ccc(Cl)cc3C)c2N)ccc1Cl. The van der Waals surface area contributed by atoms with Crippen LogP contribution in [0.3, 0.4) is 0 Å². The van der Waals surface area contributed by atoms with Crippen molar-refractivity contribution in [2.24, 2.45) is 0 Å². The number of anilines is 3. The highest BCUT2D eigenvalue weighted by atomic mass is 35.5. The van der Waals surface area contributed by atoms with Crippen LogP contribution < -0.4 is 15.8 Å². The minimum Gasteiger partial charge on any atom is -0.437 e. The molecule has 0 saturated heterocycles. The van der Waals surface area contributed by atoms with Crippen molar-refractivity contribution < 1.29 is 4.74 Å². The first-order valence-corrected chi connectivity index (χ1v) is 8.27. The second kappa shape index (κ2) is 7.17. The van der Waals surface area contributed by atoms with E-state index in [4.69, 9.17) is 33.7 Å². The first kappa shape index (κ1) is 17.3. The van der Waals surface area contributed by atoms with Gasteiger partial charge >= 0.3 is 0 Å². The molecule has 3 rings (SSSR count). The molecule has 3 aromatic rings. The predicted octanol–water partition coefficient (Wildman–Crippen LogP) is 5.52. The molecule has 0 radical (unpaired) electrons. The van der Waals surface area contributed by atoms with Crippen LogP contribution in [-0.4, -0.2) is 9.97 Å². The van der Waals surface area contributed by atoms with Gasteiger partial charge in [0.2, 0.25) is 5.88 Å². The molecular weight excluding hydrogens is 359 g/mol. The first-order chi connectivity index (χ1) is 11.9. The summed E-state index contributed by atoms with van der Waals surface area (Å²) in [4.78, 5) is 8.30. The van der Waals surface area contributed by atoms with Gasteiger partial charge in [0.25, 0.3) is 0 Å². The lowest BCUT2D eigenvalue weighted by molar-refractivity contribution is 0.464. The van der Waals surface area contributed by atoms with Gasteiger partial charge in [-0.3, -0.25) is 0 Å². The van der Waals surface area contributed by atoms with Crippen LogP contribution in [0.2, 0.25) is 10.0 Å². The van der Waals surface area contributed by atoms with Crippen molar-refractivity contribution in [3.8, 4) is 11.6 Å². The summed E-state index contributed by atoms with van der Waals surface area (Å²) in [7, 11) is 0. The van der Waals surface area contributed by atoms with Crippen LogP contribution in [-0.2, 0) is 0 Å². The minimum absolute atomic E-state index is 0.269. The Balaban J connectivity index is 1.87. The van der Waals surface area contributed by atoms with E-state index in [-0.39, 0.29) is 5.88 Å². The Hall–Kier alpha value is -2.50. The van der Waals surface area contributed by atoms with E-state index in [9.17, 15) is 0 Å². The van der Waals surface area contributed by atoms with Crippen LogP contribution in [0.25, 0.3) is 0 Å². The van der Waals surface area contributed by atoms with Gasteiger partial charge in [-0.05, 0) is 61.4 Å². The van der Waals surface area contributed by atoms with Gasteiger partial charge in [0.05, 0.1) is 0 Å². The molecule has 7 heteroatoms. The average molecular weight is 375 g/mol. The van der Waals surface area contributed by atoms with Crippen molar-refractivity contribution in [1.29, 1.82) is 0 Å². The van der Waals surface area contributed by atoms with Crippen LogP contribution in [0.4, 0.5) is 17.2 Å². The fourth-order valence-electron chi connectivity index (χ4n) is 2.25. The van der Waals surface area contributed by atoms with Gasteiger partial charge in [-0.25, -0.2) is 4.98 Å². The van der Waals surface area contributed by atoms with Crippen LogP contribution >= 0.6 is 23.2 Å². The normalized spacial score (nSPS) is 10.6. The van der Waals surface area contributed by atoms with E-state index < -0.39 is 0 Å². The number of ether oxygens (including phenoxy) is 1. The molecule has 0 atom stereocenters. The van der Waals surface area contributed by atoms with Crippen LogP contribution in [0.5, 0.6) is 11.6 Å². The molecule has 128 valence electrons. The maximum absolute atomic E-state index is 6.16. The number of rotatable bonds is 4. The Morgan fingerprint density at radius 3 is 2.52 bits per heavy atom. The van der Waals surface area contributed by atoms with Crippen molar-refractivity contribution in [3.63, 3.8) is 0 Å². The summed E-state index contributed by atoms with van der Waals surface area (Å²) in [5, 5.41) is 4.52. The zero-order valence-corrected chi connectivity index (χ0v) is 15.2. The molecule has 0 spiro atoms. The summed E-state index contributed by atoms with van der Waals surface area (Å²) in [6, 6.07) is 10.9. The van der Waals surface area contributed by atoms with E-state index in [1.807, 2.05) is 32.0 Å². The van der Waals surface area contributed by atoms with Crippen LogP contribution in [0.15, 0.2) is 42.7 Å². The molecule has 5 nitrogen and oxygen atoms in total. The topological polar surface area (TPSA) is 73.1 Å². The largest absolute Gasteiger partial charge is 0.437 e. The highest BCUT2D eigenvalue weighted by Gasteiger charge is 2.12. The molecule has 0 unspecified atom stereocenters. The van der Waals surface area contributed by atoms with E-state index in [2.05, 4.69) is 15.3 Å².